The molecular formula is C21H25Cl3FNO3. The first-order valence-electron chi connectivity index (χ1n) is 9.34. The summed E-state index contributed by atoms with van der Waals surface area (Å²) in [6.45, 7) is 2.19. The Bertz CT molecular complexity index is 770. The molecule has 0 saturated carbocycles. The van der Waals surface area contributed by atoms with Gasteiger partial charge in [0.25, 0.3) is 0 Å². The second-order valence-corrected chi connectivity index (χ2v) is 8.02. The quantitative estimate of drug-likeness (QED) is 0.621. The summed E-state index contributed by atoms with van der Waals surface area (Å²) in [4.78, 5) is 2.16. The van der Waals surface area contributed by atoms with E-state index < -0.39 is 12.2 Å². The number of aliphatic hydroxyl groups excluding tert-OH is 2. The van der Waals surface area contributed by atoms with Gasteiger partial charge in [-0.3, -0.25) is 0 Å². The van der Waals surface area contributed by atoms with Crippen LogP contribution in [-0.2, 0) is 0 Å². The largest absolute Gasteiger partial charge is 0.489 e. The zero-order chi connectivity index (χ0) is 20.1. The minimum absolute atomic E-state index is 0. The van der Waals surface area contributed by atoms with Crippen LogP contribution in [0.4, 0.5) is 4.39 Å². The van der Waals surface area contributed by atoms with Gasteiger partial charge in [0.15, 0.2) is 0 Å². The van der Waals surface area contributed by atoms with E-state index in [4.69, 9.17) is 27.9 Å². The molecule has 3 rings (SSSR count). The number of aliphatic hydroxyl groups is 2. The van der Waals surface area contributed by atoms with Crippen LogP contribution in [0.5, 0.6) is 5.75 Å². The number of β-amino-alcohol motifs (C(OH)–C–C–N with tert-alkyl or cyclic N) is 1. The molecule has 1 fully saturated rings. The van der Waals surface area contributed by atoms with Crippen molar-refractivity contribution < 1.29 is 19.3 Å². The van der Waals surface area contributed by atoms with Crippen molar-refractivity contribution in [3.05, 3.63) is 63.9 Å². The topological polar surface area (TPSA) is 52.9 Å². The summed E-state index contributed by atoms with van der Waals surface area (Å²) in [5, 5.41) is 21.7. The molecule has 160 valence electrons. The molecule has 0 aromatic heterocycles. The van der Waals surface area contributed by atoms with Gasteiger partial charge in [-0.15, -0.1) is 12.4 Å². The summed E-state index contributed by atoms with van der Waals surface area (Å²) in [7, 11) is 0. The number of ether oxygens (including phenoxy) is 1. The lowest BCUT2D eigenvalue weighted by Gasteiger charge is -2.35. The van der Waals surface area contributed by atoms with Gasteiger partial charge in [-0.2, -0.15) is 0 Å². The summed E-state index contributed by atoms with van der Waals surface area (Å²) in [6.07, 6.45) is 0.387. The Morgan fingerprint density at radius 2 is 1.72 bits per heavy atom. The maximum atomic E-state index is 13.0. The molecule has 2 atom stereocenters. The number of benzene rings is 2. The Kier molecular flexibility index (Phi) is 9.47. The maximum Gasteiger partial charge on any atom is 0.138 e. The van der Waals surface area contributed by atoms with Gasteiger partial charge >= 0.3 is 0 Å². The molecule has 1 aliphatic heterocycles. The molecule has 2 N–H and O–H groups in total. The van der Waals surface area contributed by atoms with Crippen molar-refractivity contribution in [2.24, 2.45) is 5.92 Å². The minimum Gasteiger partial charge on any atom is -0.489 e. The first-order valence-corrected chi connectivity index (χ1v) is 10.1. The molecule has 2 aromatic carbocycles. The lowest BCUT2D eigenvalue weighted by molar-refractivity contribution is 0.0278. The summed E-state index contributed by atoms with van der Waals surface area (Å²) >= 11 is 11.9. The molecule has 8 heteroatoms. The molecular weight excluding hydrogens is 440 g/mol. The van der Waals surface area contributed by atoms with Gasteiger partial charge in [0, 0.05) is 11.6 Å². The summed E-state index contributed by atoms with van der Waals surface area (Å²) in [5.41, 5.74) is 0.744. The highest BCUT2D eigenvalue weighted by atomic mass is 35.5. The van der Waals surface area contributed by atoms with E-state index in [1.807, 2.05) is 0 Å². The minimum atomic E-state index is -0.648. The highest BCUT2D eigenvalue weighted by Gasteiger charge is 2.27. The predicted octanol–water partition coefficient (Wildman–Crippen LogP) is 4.74. The molecule has 4 nitrogen and oxygen atoms in total. The van der Waals surface area contributed by atoms with Crippen LogP contribution in [0.25, 0.3) is 0 Å². The van der Waals surface area contributed by atoms with E-state index in [1.54, 1.807) is 30.3 Å². The third kappa shape index (κ3) is 6.99. The van der Waals surface area contributed by atoms with Crippen molar-refractivity contribution in [3.63, 3.8) is 0 Å². The van der Waals surface area contributed by atoms with Gasteiger partial charge in [-0.25, -0.2) is 4.39 Å². The second kappa shape index (κ2) is 11.3. The van der Waals surface area contributed by atoms with Crippen LogP contribution in [0, 0.1) is 11.7 Å². The van der Waals surface area contributed by atoms with E-state index in [1.165, 1.54) is 12.1 Å². The number of piperidine rings is 1. The van der Waals surface area contributed by atoms with Crippen molar-refractivity contribution in [1.82, 2.24) is 4.90 Å². The molecule has 2 unspecified atom stereocenters. The van der Waals surface area contributed by atoms with Crippen LogP contribution in [-0.4, -0.2) is 47.5 Å². The van der Waals surface area contributed by atoms with Gasteiger partial charge in [-0.1, -0.05) is 35.3 Å². The molecule has 1 heterocycles. The van der Waals surface area contributed by atoms with Crippen LogP contribution in [0.2, 0.25) is 10.0 Å². The van der Waals surface area contributed by atoms with Crippen molar-refractivity contribution >= 4 is 35.6 Å². The molecule has 2 aromatic rings. The zero-order valence-electron chi connectivity index (χ0n) is 15.8. The number of likely N-dealkylation sites (tertiary alicyclic amines) is 1. The van der Waals surface area contributed by atoms with E-state index in [0.717, 1.165) is 31.5 Å². The van der Waals surface area contributed by atoms with Gasteiger partial charge in [0.05, 0.1) is 11.1 Å². The van der Waals surface area contributed by atoms with Gasteiger partial charge in [-0.05, 0) is 67.7 Å². The highest BCUT2D eigenvalue weighted by molar-refractivity contribution is 6.35. The van der Waals surface area contributed by atoms with Gasteiger partial charge in [0.2, 0.25) is 0 Å². The van der Waals surface area contributed by atoms with Crippen LogP contribution in [0.3, 0.4) is 0 Å². The molecule has 1 saturated heterocycles. The number of rotatable bonds is 7. The van der Waals surface area contributed by atoms with Crippen molar-refractivity contribution in [2.45, 2.75) is 25.0 Å². The van der Waals surface area contributed by atoms with E-state index in [9.17, 15) is 14.6 Å². The molecule has 0 amide bonds. The third-order valence-electron chi connectivity index (χ3n) is 5.08. The monoisotopic (exact) mass is 463 g/mol. The lowest BCUT2D eigenvalue weighted by atomic mass is 9.87. The second-order valence-electron chi connectivity index (χ2n) is 7.17. The Hall–Kier alpha value is -1.08. The van der Waals surface area contributed by atoms with Crippen molar-refractivity contribution in [1.29, 1.82) is 0 Å². The lowest BCUT2D eigenvalue weighted by Crippen LogP contribution is -2.41. The Morgan fingerprint density at radius 3 is 2.34 bits per heavy atom. The maximum absolute atomic E-state index is 13.0. The van der Waals surface area contributed by atoms with Crippen LogP contribution < -0.4 is 4.74 Å². The Balaban J connectivity index is 0.00000300. The first-order chi connectivity index (χ1) is 13.4. The molecule has 0 radical (unpaired) electrons. The van der Waals surface area contributed by atoms with E-state index >= 15 is 0 Å². The standard InChI is InChI=1S/C21H24Cl2FNO3.ClH/c22-16-3-6-20(19(23)11-16)28-13-18(26)12-25-9-7-15(8-10-25)21(27)14-1-4-17(24)5-2-14;/h1-6,11,15,18,21,26-27H,7-10,12-13H2;1H. The molecule has 0 spiro atoms. The van der Waals surface area contributed by atoms with Crippen LogP contribution in [0.1, 0.15) is 24.5 Å². The van der Waals surface area contributed by atoms with Crippen molar-refractivity contribution in [2.75, 3.05) is 26.2 Å². The molecule has 29 heavy (non-hydrogen) atoms. The van der Waals surface area contributed by atoms with Crippen molar-refractivity contribution in [3.8, 4) is 5.75 Å². The smallest absolute Gasteiger partial charge is 0.138 e. The number of nitrogens with zero attached hydrogens (tertiary/aromatic N) is 1. The Labute approximate surface area is 186 Å². The third-order valence-corrected chi connectivity index (χ3v) is 5.61. The fourth-order valence-corrected chi connectivity index (χ4v) is 3.98. The van der Waals surface area contributed by atoms with Gasteiger partial charge in [0.1, 0.15) is 24.3 Å². The summed E-state index contributed by atoms with van der Waals surface area (Å²) in [5.74, 6) is 0.316. The summed E-state index contributed by atoms with van der Waals surface area (Å²) in [6, 6.07) is 11.0. The fourth-order valence-electron chi connectivity index (χ4n) is 3.51. The number of hydrogen-bond donors (Lipinski definition) is 2. The predicted molar refractivity (Wildman–Crippen MR) is 116 cm³/mol. The average Bonchev–Trinajstić information content (AvgIpc) is 2.68. The number of hydrogen-bond acceptors (Lipinski definition) is 4. The fraction of sp³-hybridized carbons (Fsp3) is 0.429. The summed E-state index contributed by atoms with van der Waals surface area (Å²) < 4.78 is 18.6. The first kappa shape index (κ1) is 24.2. The Morgan fingerprint density at radius 1 is 1.07 bits per heavy atom. The SMILES string of the molecule is Cl.OC(COc1ccc(Cl)cc1Cl)CN1CCC(C(O)c2ccc(F)cc2)CC1. The van der Waals surface area contributed by atoms with Gasteiger partial charge < -0.3 is 19.8 Å². The normalized spacial score (nSPS) is 17.4. The van der Waals surface area contributed by atoms with Crippen LogP contribution >= 0.6 is 35.6 Å². The van der Waals surface area contributed by atoms with E-state index in [0.29, 0.717) is 22.3 Å². The average molecular weight is 465 g/mol. The zero-order valence-corrected chi connectivity index (χ0v) is 18.1. The molecule has 0 aliphatic carbocycles. The van der Waals surface area contributed by atoms with E-state index in [2.05, 4.69) is 4.90 Å². The molecule has 0 bridgehead atoms. The van der Waals surface area contributed by atoms with Crippen LogP contribution in [0.15, 0.2) is 42.5 Å². The highest BCUT2D eigenvalue weighted by Crippen LogP contribution is 2.31. The van der Waals surface area contributed by atoms with E-state index in [-0.39, 0.29) is 30.7 Å². The molecule has 1 aliphatic rings. The number of halogens is 4.